The summed E-state index contributed by atoms with van der Waals surface area (Å²) in [6.07, 6.45) is 6.43. The van der Waals surface area contributed by atoms with Gasteiger partial charge < -0.3 is 0 Å². The van der Waals surface area contributed by atoms with Crippen molar-refractivity contribution in [2.75, 3.05) is 0 Å². The van der Waals surface area contributed by atoms with Crippen LogP contribution in [-0.2, 0) is 0 Å². The van der Waals surface area contributed by atoms with E-state index in [4.69, 9.17) is 0 Å². The monoisotopic (exact) mass is 220 g/mol. The predicted octanol–water partition coefficient (Wildman–Crippen LogP) is 4.89. The van der Waals surface area contributed by atoms with Crippen LogP contribution in [0.2, 0.25) is 11.1 Å². The first-order valence-corrected chi connectivity index (χ1v) is 7.88. The summed E-state index contributed by atoms with van der Waals surface area (Å²) in [7, 11) is -3.91. The first-order valence-electron chi connectivity index (χ1n) is 5.96. The Morgan fingerprint density at radius 2 is 1.86 bits per heavy atom. The van der Waals surface area contributed by atoms with Gasteiger partial charge in [-0.15, -0.1) is 0 Å². The third-order valence-electron chi connectivity index (χ3n) is 3.55. The predicted molar refractivity (Wildman–Crippen MR) is 59.1 cm³/mol. The lowest BCUT2D eigenvalue weighted by Crippen LogP contribution is -2.33. The largest absolute Gasteiger partial charge is 0.430 e. The molecule has 84 valence electrons. The average Bonchev–Trinajstić information content (AvgIpc) is 2.67. The molecule has 0 nitrogen and oxygen atoms in total. The summed E-state index contributed by atoms with van der Waals surface area (Å²) < 4.78 is 28.0. The Morgan fingerprint density at radius 3 is 2.36 bits per heavy atom. The smallest absolute Gasteiger partial charge is 0.270 e. The van der Waals surface area contributed by atoms with E-state index in [9.17, 15) is 8.22 Å². The zero-order valence-corrected chi connectivity index (χ0v) is 10.4. The van der Waals surface area contributed by atoms with Crippen molar-refractivity contribution < 1.29 is 8.22 Å². The van der Waals surface area contributed by atoms with Crippen molar-refractivity contribution in [2.45, 2.75) is 69.9 Å². The minimum atomic E-state index is -3.91. The van der Waals surface area contributed by atoms with Crippen LogP contribution < -0.4 is 0 Å². The molecule has 0 saturated heterocycles. The molecule has 1 aliphatic carbocycles. The van der Waals surface area contributed by atoms with Crippen molar-refractivity contribution in [1.29, 1.82) is 0 Å². The number of unbranched alkanes of at least 4 members (excludes halogenated alkanes) is 1. The van der Waals surface area contributed by atoms with E-state index in [0.29, 0.717) is 0 Å². The van der Waals surface area contributed by atoms with Gasteiger partial charge in [-0.25, -0.2) is 0 Å². The molecule has 3 heteroatoms. The van der Waals surface area contributed by atoms with E-state index in [0.717, 1.165) is 44.9 Å². The van der Waals surface area contributed by atoms with Gasteiger partial charge in [0.15, 0.2) is 0 Å². The maximum atomic E-state index is 14.0. The Balaban J connectivity index is 2.44. The van der Waals surface area contributed by atoms with Gasteiger partial charge in [-0.05, 0) is 19.3 Å². The van der Waals surface area contributed by atoms with E-state index in [1.807, 2.05) is 0 Å². The van der Waals surface area contributed by atoms with E-state index in [2.05, 4.69) is 6.92 Å². The second-order valence-corrected chi connectivity index (χ2v) is 7.85. The van der Waals surface area contributed by atoms with Gasteiger partial charge in [-0.2, -0.15) is 0 Å². The SMILES string of the molecule is CCCCC(C)[Si](F)(F)C1CCCC1. The molecule has 0 heterocycles. The van der Waals surface area contributed by atoms with Crippen LogP contribution in [0, 0.1) is 0 Å². The lowest BCUT2D eigenvalue weighted by Gasteiger charge is -2.25. The van der Waals surface area contributed by atoms with Crippen molar-refractivity contribution in [3.05, 3.63) is 0 Å². The van der Waals surface area contributed by atoms with Gasteiger partial charge >= 0.3 is 8.74 Å². The minimum absolute atomic E-state index is 0.186. The Bertz CT molecular complexity index is 165. The molecule has 1 unspecified atom stereocenters. The molecule has 0 spiro atoms. The van der Waals surface area contributed by atoms with E-state index < -0.39 is 8.74 Å². The zero-order valence-electron chi connectivity index (χ0n) is 9.36. The van der Waals surface area contributed by atoms with Crippen LogP contribution in [0.15, 0.2) is 0 Å². The van der Waals surface area contributed by atoms with Crippen LogP contribution in [-0.4, -0.2) is 8.74 Å². The molecule has 0 radical (unpaired) electrons. The van der Waals surface area contributed by atoms with Crippen LogP contribution in [0.4, 0.5) is 8.22 Å². The standard InChI is InChI=1S/C11H22F2Si/c1-3-4-7-10(2)14(12,13)11-8-5-6-9-11/h10-11H,3-9H2,1-2H3. The van der Waals surface area contributed by atoms with Gasteiger partial charge in [0.1, 0.15) is 0 Å². The lowest BCUT2D eigenvalue weighted by molar-refractivity contribution is 0.487. The molecule has 1 saturated carbocycles. The van der Waals surface area contributed by atoms with Gasteiger partial charge in [-0.1, -0.05) is 39.5 Å². The molecule has 1 aliphatic rings. The first-order chi connectivity index (χ1) is 6.59. The van der Waals surface area contributed by atoms with Crippen molar-refractivity contribution in [3.8, 4) is 0 Å². The van der Waals surface area contributed by atoms with Gasteiger partial charge in [0.05, 0.1) is 0 Å². The maximum absolute atomic E-state index is 14.0. The summed E-state index contributed by atoms with van der Waals surface area (Å²) in [5.74, 6) is 0. The van der Waals surface area contributed by atoms with Crippen LogP contribution in [0.3, 0.4) is 0 Å². The molecule has 14 heavy (non-hydrogen) atoms. The van der Waals surface area contributed by atoms with E-state index in [-0.39, 0.29) is 11.1 Å². The lowest BCUT2D eigenvalue weighted by atomic mass is 10.2. The Labute approximate surface area is 87.4 Å². The van der Waals surface area contributed by atoms with Crippen LogP contribution in [0.25, 0.3) is 0 Å². The number of hydrogen-bond donors (Lipinski definition) is 0. The van der Waals surface area contributed by atoms with Crippen molar-refractivity contribution in [2.24, 2.45) is 0 Å². The topological polar surface area (TPSA) is 0 Å². The van der Waals surface area contributed by atoms with E-state index in [1.54, 1.807) is 6.92 Å². The van der Waals surface area contributed by atoms with Gasteiger partial charge in [0.25, 0.3) is 0 Å². The average molecular weight is 220 g/mol. The summed E-state index contributed by atoms with van der Waals surface area (Å²) in [6, 6.07) is 0. The number of halogens is 2. The maximum Gasteiger partial charge on any atom is 0.430 e. The molecular weight excluding hydrogens is 198 g/mol. The Kier molecular flexibility index (Phi) is 4.55. The fourth-order valence-corrected chi connectivity index (χ4v) is 4.99. The summed E-state index contributed by atoms with van der Waals surface area (Å²) in [4.78, 5) is 0. The van der Waals surface area contributed by atoms with Crippen LogP contribution >= 0.6 is 0 Å². The molecule has 1 atom stereocenters. The van der Waals surface area contributed by atoms with Crippen LogP contribution in [0.5, 0.6) is 0 Å². The molecular formula is C11H22F2Si. The highest BCUT2D eigenvalue weighted by Crippen LogP contribution is 2.46. The molecule has 0 amide bonds. The highest BCUT2D eigenvalue weighted by molar-refractivity contribution is 6.69. The summed E-state index contributed by atoms with van der Waals surface area (Å²) >= 11 is 0. The highest BCUT2D eigenvalue weighted by atomic mass is 28.4. The number of rotatable bonds is 5. The van der Waals surface area contributed by atoms with Crippen molar-refractivity contribution in [1.82, 2.24) is 0 Å². The molecule has 1 fully saturated rings. The fraction of sp³-hybridized carbons (Fsp3) is 1.00. The highest BCUT2D eigenvalue weighted by Gasteiger charge is 2.49. The van der Waals surface area contributed by atoms with Gasteiger partial charge in [-0.3, -0.25) is 8.22 Å². The van der Waals surface area contributed by atoms with E-state index >= 15 is 0 Å². The van der Waals surface area contributed by atoms with Crippen molar-refractivity contribution >= 4 is 8.74 Å². The van der Waals surface area contributed by atoms with Gasteiger partial charge in [0, 0.05) is 11.1 Å². The third-order valence-corrected chi connectivity index (χ3v) is 6.82. The summed E-state index contributed by atoms with van der Waals surface area (Å²) in [5.41, 5.74) is -0.472. The molecule has 0 aromatic rings. The summed E-state index contributed by atoms with van der Waals surface area (Å²) in [6.45, 7) is 3.85. The second-order valence-electron chi connectivity index (χ2n) is 4.70. The zero-order chi connectivity index (χ0) is 10.6. The molecule has 0 aromatic carbocycles. The molecule has 0 aromatic heterocycles. The Morgan fingerprint density at radius 1 is 1.29 bits per heavy atom. The minimum Gasteiger partial charge on any atom is -0.270 e. The van der Waals surface area contributed by atoms with E-state index in [1.165, 1.54) is 0 Å². The molecule has 1 rings (SSSR count). The normalized spacial score (nSPS) is 21.4. The van der Waals surface area contributed by atoms with Crippen LogP contribution in [0.1, 0.15) is 58.8 Å². The molecule has 0 N–H and O–H groups in total. The fourth-order valence-electron chi connectivity index (χ4n) is 2.42. The third kappa shape index (κ3) is 2.78. The quantitative estimate of drug-likeness (QED) is 0.457. The second kappa shape index (κ2) is 5.24. The summed E-state index contributed by atoms with van der Waals surface area (Å²) in [5, 5.41) is 0. The first kappa shape index (κ1) is 12.1. The Hall–Kier alpha value is 0.0769. The van der Waals surface area contributed by atoms with Gasteiger partial charge in [0.2, 0.25) is 0 Å². The molecule has 0 bridgehead atoms. The number of hydrogen-bond acceptors (Lipinski definition) is 0. The molecule has 0 aliphatic heterocycles. The van der Waals surface area contributed by atoms with Crippen molar-refractivity contribution in [3.63, 3.8) is 0 Å².